The summed E-state index contributed by atoms with van der Waals surface area (Å²) in [6, 6.07) is 6.60. The number of carbonyl (C=O) groups is 2. The lowest BCUT2D eigenvalue weighted by Gasteiger charge is -2.10. The van der Waals surface area contributed by atoms with Crippen molar-refractivity contribution in [1.82, 2.24) is 0 Å². The van der Waals surface area contributed by atoms with Crippen molar-refractivity contribution < 1.29 is 19.1 Å². The third kappa shape index (κ3) is 11.7. The summed E-state index contributed by atoms with van der Waals surface area (Å²) < 4.78 is 10.7. The molecule has 164 valence electrons. The second kappa shape index (κ2) is 16.0. The van der Waals surface area contributed by atoms with Crippen LogP contribution in [0.4, 0.5) is 0 Å². The average molecular weight is 405 g/mol. The molecule has 29 heavy (non-hydrogen) atoms. The predicted octanol–water partition coefficient (Wildman–Crippen LogP) is 6.97. The quantitative estimate of drug-likeness (QED) is 0.220. The third-order valence-corrected chi connectivity index (χ3v) is 5.36. The highest BCUT2D eigenvalue weighted by molar-refractivity contribution is 5.95. The SMILES string of the molecule is CCCCCCCCCCCOC(=O)c1cccc(C(=O)OCCC(C)CC)c1. The second-order valence-electron chi connectivity index (χ2n) is 7.98. The summed E-state index contributed by atoms with van der Waals surface area (Å²) in [7, 11) is 0. The summed E-state index contributed by atoms with van der Waals surface area (Å²) in [5, 5.41) is 0. The highest BCUT2D eigenvalue weighted by atomic mass is 16.5. The van der Waals surface area contributed by atoms with Crippen molar-refractivity contribution in [3.63, 3.8) is 0 Å². The predicted molar refractivity (Wildman–Crippen MR) is 118 cm³/mol. The van der Waals surface area contributed by atoms with E-state index in [1.165, 1.54) is 44.9 Å². The minimum Gasteiger partial charge on any atom is -0.462 e. The highest BCUT2D eigenvalue weighted by Gasteiger charge is 2.13. The van der Waals surface area contributed by atoms with Crippen LogP contribution in [0.25, 0.3) is 0 Å². The Hall–Kier alpha value is -1.84. The Bertz CT molecular complexity index is 582. The number of ether oxygens (including phenoxy) is 2. The van der Waals surface area contributed by atoms with Crippen molar-refractivity contribution in [2.45, 2.75) is 91.4 Å². The van der Waals surface area contributed by atoms with E-state index < -0.39 is 0 Å². The molecular weight excluding hydrogens is 364 g/mol. The number of hydrogen-bond acceptors (Lipinski definition) is 4. The minimum atomic E-state index is -0.387. The number of carbonyl (C=O) groups excluding carboxylic acids is 2. The maximum atomic E-state index is 12.2. The lowest BCUT2D eigenvalue weighted by molar-refractivity contribution is 0.0484. The van der Waals surface area contributed by atoms with Crippen LogP contribution in [-0.2, 0) is 9.47 Å². The van der Waals surface area contributed by atoms with Crippen molar-refractivity contribution >= 4 is 11.9 Å². The molecule has 0 spiro atoms. The van der Waals surface area contributed by atoms with E-state index in [1.807, 2.05) is 0 Å². The zero-order valence-electron chi connectivity index (χ0n) is 18.7. The fraction of sp³-hybridized carbons (Fsp3) is 0.680. The molecule has 0 aliphatic rings. The Morgan fingerprint density at radius 1 is 0.793 bits per heavy atom. The summed E-state index contributed by atoms with van der Waals surface area (Å²) in [5.41, 5.74) is 0.795. The Kier molecular flexibility index (Phi) is 13.9. The van der Waals surface area contributed by atoms with Crippen LogP contribution in [0.15, 0.2) is 24.3 Å². The maximum absolute atomic E-state index is 12.2. The lowest BCUT2D eigenvalue weighted by atomic mass is 10.1. The molecule has 4 nitrogen and oxygen atoms in total. The van der Waals surface area contributed by atoms with Crippen LogP contribution in [-0.4, -0.2) is 25.2 Å². The van der Waals surface area contributed by atoms with Crippen LogP contribution in [0.5, 0.6) is 0 Å². The molecule has 0 saturated carbocycles. The largest absolute Gasteiger partial charge is 0.462 e. The molecule has 4 heteroatoms. The molecule has 0 N–H and O–H groups in total. The van der Waals surface area contributed by atoms with Crippen LogP contribution < -0.4 is 0 Å². The van der Waals surface area contributed by atoms with Gasteiger partial charge in [-0.25, -0.2) is 9.59 Å². The van der Waals surface area contributed by atoms with Gasteiger partial charge in [0.05, 0.1) is 24.3 Å². The Labute approximate surface area is 177 Å². The molecule has 0 amide bonds. The molecule has 0 bridgehead atoms. The van der Waals surface area contributed by atoms with Gasteiger partial charge in [0.1, 0.15) is 0 Å². The van der Waals surface area contributed by atoms with Crippen molar-refractivity contribution in [1.29, 1.82) is 0 Å². The maximum Gasteiger partial charge on any atom is 0.338 e. The molecule has 1 rings (SSSR count). The first kappa shape index (κ1) is 25.2. The van der Waals surface area contributed by atoms with Gasteiger partial charge in [-0.2, -0.15) is 0 Å². The molecule has 0 aromatic heterocycles. The first-order chi connectivity index (χ1) is 14.1. The number of esters is 2. The van der Waals surface area contributed by atoms with E-state index >= 15 is 0 Å². The summed E-state index contributed by atoms with van der Waals surface area (Å²) in [6.45, 7) is 7.33. The number of benzene rings is 1. The Balaban J connectivity index is 2.24. The van der Waals surface area contributed by atoms with Gasteiger partial charge in [0.25, 0.3) is 0 Å². The van der Waals surface area contributed by atoms with Crippen LogP contribution in [0.3, 0.4) is 0 Å². The van der Waals surface area contributed by atoms with E-state index in [1.54, 1.807) is 24.3 Å². The number of rotatable bonds is 16. The molecule has 1 aromatic rings. The zero-order valence-corrected chi connectivity index (χ0v) is 18.7. The molecule has 1 aromatic carbocycles. The molecule has 0 saturated heterocycles. The van der Waals surface area contributed by atoms with E-state index in [0.29, 0.717) is 30.3 Å². The summed E-state index contributed by atoms with van der Waals surface area (Å²) in [6.07, 6.45) is 13.0. The van der Waals surface area contributed by atoms with E-state index in [4.69, 9.17) is 9.47 Å². The Morgan fingerprint density at radius 3 is 1.86 bits per heavy atom. The molecule has 0 aliphatic carbocycles. The number of hydrogen-bond donors (Lipinski definition) is 0. The smallest absolute Gasteiger partial charge is 0.338 e. The van der Waals surface area contributed by atoms with Crippen LogP contribution in [0, 0.1) is 5.92 Å². The highest BCUT2D eigenvalue weighted by Crippen LogP contribution is 2.12. The molecule has 0 aliphatic heterocycles. The average Bonchev–Trinajstić information content (AvgIpc) is 2.74. The third-order valence-electron chi connectivity index (χ3n) is 5.36. The van der Waals surface area contributed by atoms with Gasteiger partial charge in [-0.05, 0) is 37.0 Å². The van der Waals surface area contributed by atoms with Gasteiger partial charge in [-0.1, -0.05) is 84.6 Å². The molecule has 0 radical (unpaired) electrons. The normalized spacial score (nSPS) is 11.8. The Morgan fingerprint density at radius 2 is 1.31 bits per heavy atom. The molecule has 1 atom stereocenters. The summed E-state index contributed by atoms with van der Waals surface area (Å²) in [5.74, 6) is -0.231. The first-order valence-corrected chi connectivity index (χ1v) is 11.5. The van der Waals surface area contributed by atoms with E-state index in [-0.39, 0.29) is 11.9 Å². The van der Waals surface area contributed by atoms with Gasteiger partial charge < -0.3 is 9.47 Å². The fourth-order valence-electron chi connectivity index (χ4n) is 3.07. The standard InChI is InChI=1S/C25H40O4/c1-4-6-7-8-9-10-11-12-13-18-28-24(26)22-15-14-16-23(20-22)25(27)29-19-17-21(3)5-2/h14-16,20-21H,4-13,17-19H2,1-3H3. The van der Waals surface area contributed by atoms with E-state index in [0.717, 1.165) is 25.7 Å². The topological polar surface area (TPSA) is 52.6 Å². The van der Waals surface area contributed by atoms with Gasteiger partial charge in [0.15, 0.2) is 0 Å². The lowest BCUT2D eigenvalue weighted by Crippen LogP contribution is -2.11. The molecule has 1 unspecified atom stereocenters. The van der Waals surface area contributed by atoms with E-state index in [2.05, 4.69) is 20.8 Å². The van der Waals surface area contributed by atoms with Crippen molar-refractivity contribution in [2.75, 3.05) is 13.2 Å². The van der Waals surface area contributed by atoms with Gasteiger partial charge in [-0.3, -0.25) is 0 Å². The van der Waals surface area contributed by atoms with E-state index in [9.17, 15) is 9.59 Å². The number of unbranched alkanes of at least 4 members (excludes halogenated alkanes) is 8. The van der Waals surface area contributed by atoms with Crippen LogP contribution in [0.1, 0.15) is 112 Å². The summed E-state index contributed by atoms with van der Waals surface area (Å²) in [4.78, 5) is 24.4. The van der Waals surface area contributed by atoms with Gasteiger partial charge in [-0.15, -0.1) is 0 Å². The molecule has 0 heterocycles. The van der Waals surface area contributed by atoms with Crippen LogP contribution >= 0.6 is 0 Å². The van der Waals surface area contributed by atoms with Crippen molar-refractivity contribution in [2.24, 2.45) is 5.92 Å². The van der Waals surface area contributed by atoms with Gasteiger partial charge in [0.2, 0.25) is 0 Å². The molecule has 0 fully saturated rings. The second-order valence-corrected chi connectivity index (χ2v) is 7.98. The van der Waals surface area contributed by atoms with Crippen LogP contribution in [0.2, 0.25) is 0 Å². The minimum absolute atomic E-state index is 0.376. The summed E-state index contributed by atoms with van der Waals surface area (Å²) >= 11 is 0. The fourth-order valence-corrected chi connectivity index (χ4v) is 3.07. The van der Waals surface area contributed by atoms with Crippen molar-refractivity contribution in [3.05, 3.63) is 35.4 Å². The first-order valence-electron chi connectivity index (χ1n) is 11.5. The van der Waals surface area contributed by atoms with Crippen molar-refractivity contribution in [3.8, 4) is 0 Å². The van der Waals surface area contributed by atoms with Gasteiger partial charge in [0, 0.05) is 0 Å². The zero-order chi connectivity index (χ0) is 21.3. The molecular formula is C25H40O4. The monoisotopic (exact) mass is 404 g/mol. The van der Waals surface area contributed by atoms with Gasteiger partial charge >= 0.3 is 11.9 Å².